The van der Waals surface area contributed by atoms with E-state index in [9.17, 15) is 0 Å². The quantitative estimate of drug-likeness (QED) is 0.259. The average molecular weight is 529 g/mol. The maximum Gasteiger partial charge on any atom is 0.191 e. The van der Waals surface area contributed by atoms with Gasteiger partial charge in [-0.2, -0.15) is 5.10 Å². The number of rotatable bonds is 11. The molecule has 1 aromatic carbocycles. The Balaban J connectivity index is 0.00000450. The Morgan fingerprint density at radius 3 is 2.50 bits per heavy atom. The molecule has 0 aliphatic rings. The first-order valence-electron chi connectivity index (χ1n) is 10.5. The van der Waals surface area contributed by atoms with E-state index in [2.05, 4.69) is 42.6 Å². The van der Waals surface area contributed by atoms with Crippen LogP contribution in [-0.2, 0) is 6.54 Å². The Morgan fingerprint density at radius 1 is 1.13 bits per heavy atom. The van der Waals surface area contributed by atoms with E-state index in [-0.39, 0.29) is 30.0 Å². The average Bonchev–Trinajstić information content (AvgIpc) is 3.21. The van der Waals surface area contributed by atoms with Crippen LogP contribution in [0.15, 0.2) is 41.7 Å². The van der Waals surface area contributed by atoms with E-state index >= 15 is 0 Å². The van der Waals surface area contributed by atoms with E-state index in [1.165, 1.54) is 0 Å². The molecule has 168 valence electrons. The molecule has 0 bridgehead atoms. The minimum Gasteiger partial charge on any atom is -0.490 e. The zero-order valence-electron chi connectivity index (χ0n) is 18.7. The number of aliphatic imine (C=N–C) groups is 1. The smallest absolute Gasteiger partial charge is 0.191 e. The lowest BCUT2D eigenvalue weighted by Crippen LogP contribution is -2.39. The summed E-state index contributed by atoms with van der Waals surface area (Å²) in [6.07, 6.45) is 3.78. The van der Waals surface area contributed by atoms with Crippen LogP contribution in [0.3, 0.4) is 0 Å². The summed E-state index contributed by atoms with van der Waals surface area (Å²) in [5.74, 6) is 2.74. The second-order valence-corrected chi connectivity index (χ2v) is 6.99. The van der Waals surface area contributed by atoms with Crippen LogP contribution >= 0.6 is 24.0 Å². The molecular weight excluding hydrogens is 493 g/mol. The van der Waals surface area contributed by atoms with Gasteiger partial charge >= 0.3 is 0 Å². The topological polar surface area (TPSA) is 72.7 Å². The summed E-state index contributed by atoms with van der Waals surface area (Å²) in [6, 6.07) is 8.09. The molecule has 1 heterocycles. The largest absolute Gasteiger partial charge is 0.490 e. The number of ether oxygens (including phenoxy) is 2. The molecule has 0 radical (unpaired) electrons. The van der Waals surface area contributed by atoms with Gasteiger partial charge in [0, 0.05) is 32.0 Å². The lowest BCUT2D eigenvalue weighted by Gasteiger charge is -2.20. The second kappa shape index (κ2) is 14.1. The van der Waals surface area contributed by atoms with Crippen LogP contribution in [0, 0.1) is 5.92 Å². The van der Waals surface area contributed by atoms with E-state index in [0.717, 1.165) is 42.7 Å². The highest BCUT2D eigenvalue weighted by Gasteiger charge is 2.13. The monoisotopic (exact) mass is 529 g/mol. The highest BCUT2D eigenvalue weighted by molar-refractivity contribution is 14.0. The standard InChI is InChI=1S/C22H35N5O2.HI/c1-6-23-22(24-15-17(4)16-27-13-9-12-25-27)26-18(5)19-10-11-20(28-7-2)21(14-19)29-8-3;/h9-14,17-18H,6-8,15-16H2,1-5H3,(H2,23,24,26);1H. The molecule has 0 spiro atoms. The molecule has 1 aromatic heterocycles. The summed E-state index contributed by atoms with van der Waals surface area (Å²) < 4.78 is 13.4. The summed E-state index contributed by atoms with van der Waals surface area (Å²) in [5.41, 5.74) is 1.12. The normalized spacial score (nSPS) is 13.2. The molecule has 2 rings (SSSR count). The van der Waals surface area contributed by atoms with Crippen molar-refractivity contribution in [1.29, 1.82) is 0 Å². The summed E-state index contributed by atoms with van der Waals surface area (Å²) in [5, 5.41) is 11.1. The number of hydrogen-bond donors (Lipinski definition) is 2. The van der Waals surface area contributed by atoms with Crippen molar-refractivity contribution in [3.63, 3.8) is 0 Å². The van der Waals surface area contributed by atoms with Crippen molar-refractivity contribution in [3.05, 3.63) is 42.2 Å². The maximum atomic E-state index is 5.75. The van der Waals surface area contributed by atoms with Crippen molar-refractivity contribution >= 4 is 29.9 Å². The molecule has 2 unspecified atom stereocenters. The predicted octanol–water partition coefficient (Wildman–Crippen LogP) is 4.25. The van der Waals surface area contributed by atoms with Gasteiger partial charge in [0.1, 0.15) is 0 Å². The Bertz CT molecular complexity index is 752. The fraction of sp³-hybridized carbons (Fsp3) is 0.545. The number of benzene rings is 1. The molecule has 0 fully saturated rings. The number of halogens is 1. The minimum absolute atomic E-state index is 0. The molecule has 0 saturated heterocycles. The van der Waals surface area contributed by atoms with E-state index in [1.807, 2.05) is 42.9 Å². The van der Waals surface area contributed by atoms with Crippen molar-refractivity contribution in [2.24, 2.45) is 10.9 Å². The first-order valence-corrected chi connectivity index (χ1v) is 10.5. The third kappa shape index (κ3) is 8.41. The summed E-state index contributed by atoms with van der Waals surface area (Å²) in [4.78, 5) is 4.76. The molecule has 30 heavy (non-hydrogen) atoms. The van der Waals surface area contributed by atoms with Crippen LogP contribution in [-0.4, -0.2) is 42.0 Å². The molecular formula is C22H36IN5O2. The first-order chi connectivity index (χ1) is 14.1. The van der Waals surface area contributed by atoms with Gasteiger partial charge in [-0.1, -0.05) is 13.0 Å². The van der Waals surface area contributed by atoms with Gasteiger partial charge in [-0.15, -0.1) is 24.0 Å². The van der Waals surface area contributed by atoms with Gasteiger partial charge in [-0.3, -0.25) is 9.67 Å². The minimum atomic E-state index is 0. The van der Waals surface area contributed by atoms with E-state index < -0.39 is 0 Å². The molecule has 8 heteroatoms. The Morgan fingerprint density at radius 2 is 1.87 bits per heavy atom. The van der Waals surface area contributed by atoms with E-state index in [1.54, 1.807) is 6.20 Å². The molecule has 7 nitrogen and oxygen atoms in total. The SMILES string of the molecule is CCNC(=NCC(C)Cn1cccn1)NC(C)c1ccc(OCC)c(OCC)c1.I. The van der Waals surface area contributed by atoms with Crippen molar-refractivity contribution in [1.82, 2.24) is 20.4 Å². The lowest BCUT2D eigenvalue weighted by atomic mass is 10.1. The number of nitrogens with zero attached hydrogens (tertiary/aromatic N) is 3. The van der Waals surface area contributed by atoms with Crippen LogP contribution in [0.1, 0.15) is 46.2 Å². The third-order valence-electron chi connectivity index (χ3n) is 4.38. The highest BCUT2D eigenvalue weighted by atomic mass is 127. The summed E-state index contributed by atoms with van der Waals surface area (Å²) >= 11 is 0. The van der Waals surface area contributed by atoms with Crippen LogP contribution in [0.5, 0.6) is 11.5 Å². The Labute approximate surface area is 197 Å². The molecule has 0 saturated carbocycles. The van der Waals surface area contributed by atoms with Crippen molar-refractivity contribution in [2.45, 2.75) is 47.2 Å². The highest BCUT2D eigenvalue weighted by Crippen LogP contribution is 2.30. The second-order valence-electron chi connectivity index (χ2n) is 6.99. The van der Waals surface area contributed by atoms with Crippen molar-refractivity contribution in [2.75, 3.05) is 26.3 Å². The van der Waals surface area contributed by atoms with Gasteiger partial charge in [0.05, 0.1) is 19.3 Å². The van der Waals surface area contributed by atoms with Crippen molar-refractivity contribution < 1.29 is 9.47 Å². The Hall–Kier alpha value is -1.97. The van der Waals surface area contributed by atoms with Gasteiger partial charge in [0.15, 0.2) is 17.5 Å². The number of nitrogens with one attached hydrogen (secondary N) is 2. The Kier molecular flexibility index (Phi) is 12.3. The summed E-state index contributed by atoms with van der Waals surface area (Å²) in [6.45, 7) is 13.9. The van der Waals surface area contributed by atoms with Crippen LogP contribution in [0.4, 0.5) is 0 Å². The van der Waals surface area contributed by atoms with Gasteiger partial charge in [0.2, 0.25) is 0 Å². The number of guanidine groups is 1. The van der Waals surface area contributed by atoms with Gasteiger partial charge in [-0.25, -0.2) is 0 Å². The van der Waals surface area contributed by atoms with Crippen molar-refractivity contribution in [3.8, 4) is 11.5 Å². The number of hydrogen-bond acceptors (Lipinski definition) is 4. The predicted molar refractivity (Wildman–Crippen MR) is 133 cm³/mol. The van der Waals surface area contributed by atoms with Gasteiger partial charge in [0.25, 0.3) is 0 Å². The van der Waals surface area contributed by atoms with Crippen LogP contribution < -0.4 is 20.1 Å². The first kappa shape index (κ1) is 26.1. The third-order valence-corrected chi connectivity index (χ3v) is 4.38. The zero-order valence-corrected chi connectivity index (χ0v) is 21.1. The molecule has 2 aromatic rings. The van der Waals surface area contributed by atoms with Crippen LogP contribution in [0.25, 0.3) is 0 Å². The van der Waals surface area contributed by atoms with E-state index in [4.69, 9.17) is 14.5 Å². The molecule has 2 N–H and O–H groups in total. The number of aromatic nitrogens is 2. The molecule has 2 atom stereocenters. The molecule has 0 amide bonds. The van der Waals surface area contributed by atoms with Crippen LogP contribution in [0.2, 0.25) is 0 Å². The van der Waals surface area contributed by atoms with E-state index in [0.29, 0.717) is 19.1 Å². The zero-order chi connectivity index (χ0) is 21.1. The van der Waals surface area contributed by atoms with Gasteiger partial charge in [-0.05, 0) is 57.4 Å². The summed E-state index contributed by atoms with van der Waals surface area (Å²) in [7, 11) is 0. The fourth-order valence-corrected chi connectivity index (χ4v) is 2.98. The fourth-order valence-electron chi connectivity index (χ4n) is 2.98. The lowest BCUT2D eigenvalue weighted by molar-refractivity contribution is 0.287. The van der Waals surface area contributed by atoms with Gasteiger partial charge < -0.3 is 20.1 Å². The maximum absolute atomic E-state index is 5.75. The molecule has 0 aliphatic carbocycles. The molecule has 0 aliphatic heterocycles.